The largest absolute Gasteiger partial charge is 0.325 e. The van der Waals surface area contributed by atoms with Gasteiger partial charge in [-0.05, 0) is 53.7 Å². The Morgan fingerprint density at radius 1 is 1.50 bits per heavy atom. The van der Waals surface area contributed by atoms with E-state index in [1.165, 1.54) is 0 Å². The fraction of sp³-hybridized carbons (Fsp3) is 0.417. The van der Waals surface area contributed by atoms with Crippen LogP contribution in [0.5, 0.6) is 0 Å². The van der Waals surface area contributed by atoms with Crippen molar-refractivity contribution in [3.05, 3.63) is 27.8 Å². The van der Waals surface area contributed by atoms with Crippen LogP contribution in [-0.4, -0.2) is 19.0 Å². The second kappa shape index (κ2) is 5.14. The summed E-state index contributed by atoms with van der Waals surface area (Å²) in [6.07, 6.45) is 0. The molecule has 0 aliphatic carbocycles. The molecule has 2 N–H and O–H groups in total. The summed E-state index contributed by atoms with van der Waals surface area (Å²) in [6, 6.07) is 7.83. The Bertz CT molecular complexity index is 390. The lowest BCUT2D eigenvalue weighted by Crippen LogP contribution is -2.48. The molecule has 1 amide bonds. The Balaban J connectivity index is 1.99. The van der Waals surface area contributed by atoms with Crippen LogP contribution < -0.4 is 10.6 Å². The molecule has 0 radical (unpaired) electrons. The van der Waals surface area contributed by atoms with E-state index in [4.69, 9.17) is 0 Å². The molecule has 0 bridgehead atoms. The van der Waals surface area contributed by atoms with Crippen LogP contribution in [0, 0.1) is 15.4 Å². The van der Waals surface area contributed by atoms with Crippen LogP contribution >= 0.6 is 22.6 Å². The van der Waals surface area contributed by atoms with Crippen LogP contribution in [0.15, 0.2) is 24.3 Å². The van der Waals surface area contributed by atoms with Crippen molar-refractivity contribution in [1.29, 1.82) is 0 Å². The maximum atomic E-state index is 12.0. The second-order valence-electron chi connectivity index (χ2n) is 4.18. The average Bonchev–Trinajstić information content (AvgIpc) is 2.18. The normalized spacial score (nSPS) is 17.6. The maximum Gasteiger partial charge on any atom is 0.227 e. The first-order valence-electron chi connectivity index (χ1n) is 5.44. The second-order valence-corrected chi connectivity index (χ2v) is 5.34. The Hall–Kier alpha value is -0.620. The number of halogens is 1. The van der Waals surface area contributed by atoms with Gasteiger partial charge >= 0.3 is 0 Å². The molecule has 3 nitrogen and oxygen atoms in total. The number of carbonyl (C=O) groups excluding carboxylic acids is 1. The van der Waals surface area contributed by atoms with E-state index in [9.17, 15) is 4.79 Å². The number of benzene rings is 1. The number of hydrogen-bond donors (Lipinski definition) is 2. The third kappa shape index (κ3) is 2.55. The number of nitrogens with one attached hydrogen (secondary N) is 2. The van der Waals surface area contributed by atoms with Crippen LogP contribution in [0.1, 0.15) is 6.92 Å². The molecule has 1 aliphatic rings. The van der Waals surface area contributed by atoms with Gasteiger partial charge in [0.25, 0.3) is 0 Å². The first-order valence-corrected chi connectivity index (χ1v) is 6.52. The van der Waals surface area contributed by atoms with Gasteiger partial charge in [0, 0.05) is 9.49 Å². The van der Waals surface area contributed by atoms with E-state index in [1.54, 1.807) is 0 Å². The summed E-state index contributed by atoms with van der Waals surface area (Å²) in [6.45, 7) is 3.91. The van der Waals surface area contributed by atoms with Gasteiger partial charge in [-0.15, -0.1) is 0 Å². The van der Waals surface area contributed by atoms with Crippen LogP contribution in [0.2, 0.25) is 0 Å². The van der Waals surface area contributed by atoms with Gasteiger partial charge in [0.1, 0.15) is 0 Å². The summed E-state index contributed by atoms with van der Waals surface area (Å²) in [5, 5.41) is 6.18. The minimum absolute atomic E-state index is 0.0808. The summed E-state index contributed by atoms with van der Waals surface area (Å²) in [4.78, 5) is 12.0. The Kier molecular flexibility index (Phi) is 3.81. The van der Waals surface area contributed by atoms with Crippen molar-refractivity contribution in [2.45, 2.75) is 6.92 Å². The van der Waals surface area contributed by atoms with Gasteiger partial charge in [0.2, 0.25) is 5.91 Å². The van der Waals surface area contributed by atoms with Crippen LogP contribution in [0.4, 0.5) is 5.69 Å². The molecule has 1 aliphatic heterocycles. The zero-order valence-electron chi connectivity index (χ0n) is 9.16. The predicted octanol–water partition coefficient (Wildman–Crippen LogP) is 2.09. The molecular weight excluding hydrogens is 315 g/mol. The fourth-order valence-corrected chi connectivity index (χ4v) is 2.21. The van der Waals surface area contributed by atoms with Crippen molar-refractivity contribution in [3.8, 4) is 0 Å². The number of hydrogen-bond acceptors (Lipinski definition) is 2. The molecule has 2 rings (SSSR count). The molecule has 86 valence electrons. The van der Waals surface area contributed by atoms with Gasteiger partial charge < -0.3 is 10.6 Å². The highest BCUT2D eigenvalue weighted by Crippen LogP contribution is 2.21. The highest BCUT2D eigenvalue weighted by molar-refractivity contribution is 14.1. The molecule has 1 aromatic rings. The van der Waals surface area contributed by atoms with Crippen molar-refractivity contribution >= 4 is 34.2 Å². The first-order chi connectivity index (χ1) is 7.68. The molecule has 1 atom stereocenters. The maximum absolute atomic E-state index is 12.0. The van der Waals surface area contributed by atoms with E-state index in [0.717, 1.165) is 22.3 Å². The van der Waals surface area contributed by atoms with E-state index in [2.05, 4.69) is 33.2 Å². The lowest BCUT2D eigenvalue weighted by molar-refractivity contribution is -0.121. The summed E-state index contributed by atoms with van der Waals surface area (Å²) in [5.74, 6) is 0.689. The van der Waals surface area contributed by atoms with Crippen LogP contribution in [0.3, 0.4) is 0 Å². The molecule has 0 aromatic heterocycles. The molecule has 1 fully saturated rings. The van der Waals surface area contributed by atoms with Crippen molar-refractivity contribution in [2.24, 2.45) is 11.8 Å². The lowest BCUT2D eigenvalue weighted by Gasteiger charge is -2.31. The van der Waals surface area contributed by atoms with E-state index in [1.807, 2.05) is 31.2 Å². The van der Waals surface area contributed by atoms with E-state index in [-0.39, 0.29) is 11.8 Å². The number of para-hydroxylation sites is 1. The molecule has 0 spiro atoms. The van der Waals surface area contributed by atoms with Gasteiger partial charge in [-0.25, -0.2) is 0 Å². The molecule has 1 saturated heterocycles. The minimum Gasteiger partial charge on any atom is -0.325 e. The molecule has 0 saturated carbocycles. The fourth-order valence-electron chi connectivity index (χ4n) is 1.69. The average molecular weight is 330 g/mol. The molecule has 1 aromatic carbocycles. The highest BCUT2D eigenvalue weighted by atomic mass is 127. The van der Waals surface area contributed by atoms with E-state index >= 15 is 0 Å². The van der Waals surface area contributed by atoms with Gasteiger partial charge in [-0.1, -0.05) is 19.1 Å². The van der Waals surface area contributed by atoms with Crippen molar-refractivity contribution in [2.75, 3.05) is 18.4 Å². The Morgan fingerprint density at radius 3 is 2.75 bits per heavy atom. The summed E-state index contributed by atoms with van der Waals surface area (Å²) >= 11 is 2.23. The molecule has 1 unspecified atom stereocenters. The van der Waals surface area contributed by atoms with Crippen molar-refractivity contribution in [1.82, 2.24) is 5.32 Å². The summed E-state index contributed by atoms with van der Waals surface area (Å²) in [7, 11) is 0. The number of carbonyl (C=O) groups is 1. The Labute approximate surface area is 109 Å². The van der Waals surface area contributed by atoms with Crippen molar-refractivity contribution in [3.63, 3.8) is 0 Å². The van der Waals surface area contributed by atoms with Crippen molar-refractivity contribution < 1.29 is 4.79 Å². The quantitative estimate of drug-likeness (QED) is 0.834. The minimum atomic E-state index is 0.0808. The smallest absolute Gasteiger partial charge is 0.227 e. The third-order valence-corrected chi connectivity index (χ3v) is 4.01. The zero-order chi connectivity index (χ0) is 11.5. The summed E-state index contributed by atoms with van der Waals surface area (Å²) < 4.78 is 1.08. The number of rotatable bonds is 3. The number of amides is 1. The topological polar surface area (TPSA) is 41.1 Å². The molecule has 1 heterocycles. The Morgan fingerprint density at radius 2 is 2.19 bits per heavy atom. The predicted molar refractivity (Wildman–Crippen MR) is 73.3 cm³/mol. The van der Waals surface area contributed by atoms with E-state index < -0.39 is 0 Å². The van der Waals surface area contributed by atoms with Gasteiger partial charge in [0.15, 0.2) is 0 Å². The third-order valence-electron chi connectivity index (χ3n) is 3.07. The number of anilines is 1. The van der Waals surface area contributed by atoms with Crippen LogP contribution in [-0.2, 0) is 4.79 Å². The lowest BCUT2D eigenvalue weighted by atomic mass is 9.88. The van der Waals surface area contributed by atoms with E-state index in [0.29, 0.717) is 5.92 Å². The zero-order valence-corrected chi connectivity index (χ0v) is 11.3. The van der Waals surface area contributed by atoms with Gasteiger partial charge in [0.05, 0.1) is 5.69 Å². The molecular formula is C12H15IN2O. The first kappa shape index (κ1) is 11.9. The monoisotopic (exact) mass is 330 g/mol. The highest BCUT2D eigenvalue weighted by Gasteiger charge is 2.28. The van der Waals surface area contributed by atoms with Gasteiger partial charge in [-0.3, -0.25) is 4.79 Å². The standard InChI is InChI=1S/C12H15IN2O/c1-8(9-6-14-7-9)12(16)15-11-5-3-2-4-10(11)13/h2-5,8-9,14H,6-7H2,1H3,(H,15,16). The van der Waals surface area contributed by atoms with Gasteiger partial charge in [-0.2, -0.15) is 0 Å². The molecule has 4 heteroatoms. The van der Waals surface area contributed by atoms with Crippen LogP contribution in [0.25, 0.3) is 0 Å². The summed E-state index contributed by atoms with van der Waals surface area (Å²) in [5.41, 5.74) is 0.909. The molecule has 16 heavy (non-hydrogen) atoms. The SMILES string of the molecule is CC(C(=O)Nc1ccccc1I)C1CNC1.